The molecule has 5 nitrogen and oxygen atoms in total. The van der Waals surface area contributed by atoms with Gasteiger partial charge in [0.1, 0.15) is 5.75 Å². The van der Waals surface area contributed by atoms with Crippen molar-refractivity contribution in [3.05, 3.63) is 82.8 Å². The molecule has 0 aliphatic rings. The SMILES string of the molecule is Cc1cc(=O)n(-c2ccccc2)n1C(=O)Oc1ccccc1. The standard InChI is InChI=1S/C17H14N2O3/c1-13-12-16(20)19(14-8-4-2-5-9-14)18(13)17(21)22-15-10-6-3-7-11-15/h2-12H,1H3. The van der Waals surface area contributed by atoms with E-state index in [9.17, 15) is 9.59 Å². The minimum atomic E-state index is -0.630. The van der Waals surface area contributed by atoms with Crippen molar-refractivity contribution in [1.82, 2.24) is 9.36 Å². The average Bonchev–Trinajstić information content (AvgIpc) is 2.83. The summed E-state index contributed by atoms with van der Waals surface area (Å²) in [6.45, 7) is 1.69. The van der Waals surface area contributed by atoms with E-state index in [4.69, 9.17) is 4.74 Å². The molecule has 0 atom stereocenters. The first kappa shape index (κ1) is 13.9. The predicted octanol–water partition coefficient (Wildman–Crippen LogP) is 2.99. The molecular weight excluding hydrogens is 280 g/mol. The Morgan fingerprint density at radius 1 is 0.955 bits per heavy atom. The number of aryl methyl sites for hydroxylation is 1. The van der Waals surface area contributed by atoms with Crippen LogP contribution < -0.4 is 10.3 Å². The van der Waals surface area contributed by atoms with Crippen LogP contribution in [0.15, 0.2) is 71.5 Å². The molecule has 0 saturated heterocycles. The smallest absolute Gasteiger partial charge is 0.409 e. The van der Waals surface area contributed by atoms with Gasteiger partial charge in [-0.2, -0.15) is 4.68 Å². The molecule has 3 aromatic rings. The largest absolute Gasteiger partial charge is 0.439 e. The van der Waals surface area contributed by atoms with E-state index in [-0.39, 0.29) is 5.56 Å². The molecule has 0 saturated carbocycles. The van der Waals surface area contributed by atoms with Gasteiger partial charge in [-0.3, -0.25) is 4.79 Å². The summed E-state index contributed by atoms with van der Waals surface area (Å²) >= 11 is 0. The fraction of sp³-hybridized carbons (Fsp3) is 0.0588. The molecule has 0 bridgehead atoms. The second kappa shape index (κ2) is 5.73. The van der Waals surface area contributed by atoms with Gasteiger partial charge < -0.3 is 4.74 Å². The molecule has 3 rings (SSSR count). The van der Waals surface area contributed by atoms with Crippen LogP contribution in [-0.4, -0.2) is 15.5 Å². The Labute approximate surface area is 127 Å². The minimum absolute atomic E-state index is 0.284. The van der Waals surface area contributed by atoms with E-state index in [1.807, 2.05) is 12.1 Å². The van der Waals surface area contributed by atoms with Crippen LogP contribution in [0.1, 0.15) is 5.69 Å². The zero-order chi connectivity index (χ0) is 15.5. The third kappa shape index (κ3) is 2.56. The summed E-state index contributed by atoms with van der Waals surface area (Å²) in [5.74, 6) is 0.424. The lowest BCUT2D eigenvalue weighted by molar-refractivity contribution is 0.195. The number of benzene rings is 2. The van der Waals surface area contributed by atoms with Crippen LogP contribution >= 0.6 is 0 Å². The molecule has 1 heterocycles. The molecule has 0 unspecified atom stereocenters. The van der Waals surface area contributed by atoms with E-state index in [0.717, 1.165) is 0 Å². The van der Waals surface area contributed by atoms with Crippen molar-refractivity contribution in [2.75, 3.05) is 0 Å². The summed E-state index contributed by atoms with van der Waals surface area (Å²) < 4.78 is 7.84. The molecule has 0 aliphatic heterocycles. The predicted molar refractivity (Wildman–Crippen MR) is 82.6 cm³/mol. The van der Waals surface area contributed by atoms with Crippen LogP contribution in [0.5, 0.6) is 5.75 Å². The van der Waals surface area contributed by atoms with Gasteiger partial charge in [-0.1, -0.05) is 36.4 Å². The van der Waals surface area contributed by atoms with E-state index in [1.54, 1.807) is 55.5 Å². The molecule has 1 aromatic heterocycles. The Bertz CT molecular complexity index is 849. The number of nitrogens with zero attached hydrogens (tertiary/aromatic N) is 2. The molecule has 22 heavy (non-hydrogen) atoms. The van der Waals surface area contributed by atoms with Crippen molar-refractivity contribution < 1.29 is 9.53 Å². The summed E-state index contributed by atoms with van der Waals surface area (Å²) in [6.07, 6.45) is -0.630. The van der Waals surface area contributed by atoms with Crippen molar-refractivity contribution >= 4 is 6.09 Å². The maximum Gasteiger partial charge on any atom is 0.439 e. The lowest BCUT2D eigenvalue weighted by atomic mass is 10.3. The van der Waals surface area contributed by atoms with Gasteiger partial charge in [0, 0.05) is 6.07 Å². The van der Waals surface area contributed by atoms with Gasteiger partial charge in [0.15, 0.2) is 0 Å². The highest BCUT2D eigenvalue weighted by atomic mass is 16.6. The number of carbonyl (C=O) groups excluding carboxylic acids is 1. The molecule has 5 heteroatoms. The fourth-order valence-corrected chi connectivity index (χ4v) is 2.23. The molecular formula is C17H14N2O3. The topological polar surface area (TPSA) is 53.2 Å². The zero-order valence-corrected chi connectivity index (χ0v) is 12.0. The summed E-state index contributed by atoms with van der Waals surface area (Å²) in [6, 6.07) is 19.1. The quantitative estimate of drug-likeness (QED) is 0.730. The average molecular weight is 294 g/mol. The summed E-state index contributed by atoms with van der Waals surface area (Å²) in [5, 5.41) is 0. The third-order valence-electron chi connectivity index (χ3n) is 3.20. The Morgan fingerprint density at radius 3 is 2.18 bits per heavy atom. The molecule has 0 amide bonds. The number of ether oxygens (including phenoxy) is 1. The molecule has 0 spiro atoms. The van der Waals surface area contributed by atoms with Crippen LogP contribution in [0.25, 0.3) is 5.69 Å². The lowest BCUT2D eigenvalue weighted by Crippen LogP contribution is -2.29. The number of hydrogen-bond donors (Lipinski definition) is 0. The van der Waals surface area contributed by atoms with E-state index in [2.05, 4.69) is 0 Å². The van der Waals surface area contributed by atoms with Crippen molar-refractivity contribution in [2.45, 2.75) is 6.92 Å². The van der Waals surface area contributed by atoms with Gasteiger partial charge >= 0.3 is 6.09 Å². The van der Waals surface area contributed by atoms with Gasteiger partial charge in [0.05, 0.1) is 11.4 Å². The summed E-state index contributed by atoms with van der Waals surface area (Å²) in [5.41, 5.74) is 0.828. The van der Waals surface area contributed by atoms with E-state index >= 15 is 0 Å². The Morgan fingerprint density at radius 2 is 1.55 bits per heavy atom. The van der Waals surface area contributed by atoms with E-state index in [0.29, 0.717) is 17.1 Å². The highest BCUT2D eigenvalue weighted by Gasteiger charge is 2.18. The van der Waals surface area contributed by atoms with Crippen molar-refractivity contribution in [3.8, 4) is 11.4 Å². The van der Waals surface area contributed by atoms with E-state index in [1.165, 1.54) is 15.4 Å². The Hall–Kier alpha value is -3.08. The number of aromatic nitrogens is 2. The Balaban J connectivity index is 2.04. The lowest BCUT2D eigenvalue weighted by Gasteiger charge is -2.12. The van der Waals surface area contributed by atoms with Crippen molar-refractivity contribution in [3.63, 3.8) is 0 Å². The van der Waals surface area contributed by atoms with Gasteiger partial charge in [-0.25, -0.2) is 9.48 Å². The number of hydrogen-bond acceptors (Lipinski definition) is 3. The van der Waals surface area contributed by atoms with Gasteiger partial charge in [0.2, 0.25) is 0 Å². The Kier molecular flexibility index (Phi) is 3.62. The molecule has 0 radical (unpaired) electrons. The highest BCUT2D eigenvalue weighted by molar-refractivity contribution is 5.73. The third-order valence-corrected chi connectivity index (χ3v) is 3.20. The van der Waals surface area contributed by atoms with Crippen molar-refractivity contribution in [2.24, 2.45) is 0 Å². The number of rotatable bonds is 2. The van der Waals surface area contributed by atoms with Crippen LogP contribution in [0.2, 0.25) is 0 Å². The van der Waals surface area contributed by atoms with Crippen molar-refractivity contribution in [1.29, 1.82) is 0 Å². The second-order valence-corrected chi connectivity index (χ2v) is 4.76. The number of para-hydroxylation sites is 2. The van der Waals surface area contributed by atoms with Crippen LogP contribution in [-0.2, 0) is 0 Å². The highest BCUT2D eigenvalue weighted by Crippen LogP contribution is 2.12. The van der Waals surface area contributed by atoms with Gasteiger partial charge in [-0.05, 0) is 31.2 Å². The zero-order valence-electron chi connectivity index (χ0n) is 12.0. The van der Waals surface area contributed by atoms with Crippen LogP contribution in [0.3, 0.4) is 0 Å². The summed E-state index contributed by atoms with van der Waals surface area (Å²) in [7, 11) is 0. The first-order chi connectivity index (χ1) is 10.7. The monoisotopic (exact) mass is 294 g/mol. The van der Waals surface area contributed by atoms with Crippen LogP contribution in [0, 0.1) is 6.92 Å². The minimum Gasteiger partial charge on any atom is -0.409 e. The molecule has 110 valence electrons. The summed E-state index contributed by atoms with van der Waals surface area (Å²) in [4.78, 5) is 24.6. The number of carbonyl (C=O) groups is 1. The normalized spacial score (nSPS) is 10.4. The molecule has 0 aliphatic carbocycles. The maximum absolute atomic E-state index is 12.4. The van der Waals surface area contributed by atoms with Gasteiger partial charge in [0.25, 0.3) is 5.56 Å². The van der Waals surface area contributed by atoms with Crippen LogP contribution in [0.4, 0.5) is 4.79 Å². The van der Waals surface area contributed by atoms with E-state index < -0.39 is 6.09 Å². The second-order valence-electron chi connectivity index (χ2n) is 4.76. The molecule has 0 fully saturated rings. The fourth-order valence-electron chi connectivity index (χ4n) is 2.23. The van der Waals surface area contributed by atoms with Gasteiger partial charge in [-0.15, -0.1) is 0 Å². The molecule has 2 aromatic carbocycles. The first-order valence-electron chi connectivity index (χ1n) is 6.81. The maximum atomic E-state index is 12.4. The first-order valence-corrected chi connectivity index (χ1v) is 6.81. The molecule has 0 N–H and O–H groups in total.